The number of hydrogen-bond acceptors (Lipinski definition) is 2. The van der Waals surface area contributed by atoms with Gasteiger partial charge in [0.25, 0.3) is 0 Å². The summed E-state index contributed by atoms with van der Waals surface area (Å²) in [5.41, 5.74) is 0.311. The molecule has 1 aliphatic heterocycles. The fourth-order valence-electron chi connectivity index (χ4n) is 3.53. The monoisotopic (exact) mass is 376 g/mol. The molecule has 0 spiro atoms. The van der Waals surface area contributed by atoms with E-state index in [4.69, 9.17) is 0 Å². The number of anilines is 1. The van der Waals surface area contributed by atoms with Crippen molar-refractivity contribution in [2.24, 2.45) is 5.92 Å². The molecule has 3 nitrogen and oxygen atoms in total. The first-order valence-electron chi connectivity index (χ1n) is 9.14. The minimum Gasteiger partial charge on any atom is -0.324 e. The SMILES string of the molecule is O=C(CN1CCC(Cc2ccccc2)CC1)Nc1ccccc1C(F)(F)F. The fourth-order valence-corrected chi connectivity index (χ4v) is 3.53. The maximum Gasteiger partial charge on any atom is 0.418 e. The van der Waals surface area contributed by atoms with Crippen LogP contribution in [0.1, 0.15) is 24.0 Å². The summed E-state index contributed by atoms with van der Waals surface area (Å²) in [5, 5.41) is 2.41. The van der Waals surface area contributed by atoms with Crippen molar-refractivity contribution in [3.8, 4) is 0 Å². The summed E-state index contributed by atoms with van der Waals surface area (Å²) >= 11 is 0. The van der Waals surface area contributed by atoms with E-state index in [0.29, 0.717) is 5.92 Å². The van der Waals surface area contributed by atoms with Crippen molar-refractivity contribution in [1.82, 2.24) is 4.90 Å². The van der Waals surface area contributed by atoms with Gasteiger partial charge in [0.1, 0.15) is 0 Å². The average Bonchev–Trinajstić information content (AvgIpc) is 2.64. The maximum absolute atomic E-state index is 13.0. The number of alkyl halides is 3. The second-order valence-electron chi connectivity index (χ2n) is 7.00. The lowest BCUT2D eigenvalue weighted by atomic mass is 9.90. The van der Waals surface area contributed by atoms with Crippen LogP contribution in [0.5, 0.6) is 0 Å². The molecule has 0 aliphatic carbocycles. The number of carbonyl (C=O) groups is 1. The molecule has 1 fully saturated rings. The summed E-state index contributed by atoms with van der Waals surface area (Å²) in [6.07, 6.45) is -1.48. The Morgan fingerprint density at radius 2 is 1.63 bits per heavy atom. The Bertz CT molecular complexity index is 754. The van der Waals surface area contributed by atoms with Gasteiger partial charge in [-0.3, -0.25) is 9.69 Å². The predicted molar refractivity (Wildman–Crippen MR) is 99.4 cm³/mol. The number of benzene rings is 2. The van der Waals surface area contributed by atoms with Gasteiger partial charge >= 0.3 is 6.18 Å². The van der Waals surface area contributed by atoms with Crippen LogP contribution in [0.4, 0.5) is 18.9 Å². The third-order valence-electron chi connectivity index (χ3n) is 4.95. The lowest BCUT2D eigenvalue weighted by Crippen LogP contribution is -2.39. The summed E-state index contributed by atoms with van der Waals surface area (Å²) in [5.74, 6) is 0.172. The molecule has 144 valence electrons. The van der Waals surface area contributed by atoms with Crippen LogP contribution in [0.25, 0.3) is 0 Å². The molecule has 2 aromatic rings. The van der Waals surface area contributed by atoms with Gasteiger partial charge in [-0.25, -0.2) is 0 Å². The summed E-state index contributed by atoms with van der Waals surface area (Å²) in [4.78, 5) is 14.2. The third-order valence-corrected chi connectivity index (χ3v) is 4.95. The molecule has 27 heavy (non-hydrogen) atoms. The normalized spacial score (nSPS) is 16.3. The Hall–Kier alpha value is -2.34. The second kappa shape index (κ2) is 8.57. The highest BCUT2D eigenvalue weighted by molar-refractivity contribution is 5.93. The topological polar surface area (TPSA) is 32.3 Å². The molecule has 0 aromatic heterocycles. The number of hydrogen-bond donors (Lipinski definition) is 1. The van der Waals surface area contributed by atoms with Gasteiger partial charge in [-0.05, 0) is 56.0 Å². The second-order valence-corrected chi connectivity index (χ2v) is 7.00. The number of piperidine rings is 1. The van der Waals surface area contributed by atoms with Crippen LogP contribution in [-0.4, -0.2) is 30.4 Å². The molecule has 1 aliphatic rings. The van der Waals surface area contributed by atoms with E-state index in [9.17, 15) is 18.0 Å². The van der Waals surface area contributed by atoms with Crippen molar-refractivity contribution in [3.05, 3.63) is 65.7 Å². The number of rotatable bonds is 5. The number of nitrogens with zero attached hydrogens (tertiary/aromatic N) is 1. The van der Waals surface area contributed by atoms with E-state index in [1.54, 1.807) is 0 Å². The van der Waals surface area contributed by atoms with Crippen molar-refractivity contribution in [3.63, 3.8) is 0 Å². The summed E-state index contributed by atoms with van der Waals surface area (Å²) in [6.45, 7) is 1.68. The zero-order valence-corrected chi connectivity index (χ0v) is 15.0. The fraction of sp³-hybridized carbons (Fsp3) is 0.381. The van der Waals surface area contributed by atoms with E-state index >= 15 is 0 Å². The number of halogens is 3. The van der Waals surface area contributed by atoms with Gasteiger partial charge < -0.3 is 5.32 Å². The molecule has 6 heteroatoms. The maximum atomic E-state index is 13.0. The highest BCUT2D eigenvalue weighted by Crippen LogP contribution is 2.34. The standard InChI is InChI=1S/C21H23F3N2O/c22-21(23,24)18-8-4-5-9-19(18)25-20(27)15-26-12-10-17(11-13-26)14-16-6-2-1-3-7-16/h1-9,17H,10-15H2,(H,25,27). The van der Waals surface area contributed by atoms with Crippen LogP contribution in [0.15, 0.2) is 54.6 Å². The highest BCUT2D eigenvalue weighted by Gasteiger charge is 2.33. The van der Waals surface area contributed by atoms with Crippen LogP contribution in [0, 0.1) is 5.92 Å². The Labute approximate surface area is 157 Å². The minimum atomic E-state index is -4.49. The van der Waals surface area contributed by atoms with E-state index in [1.165, 1.54) is 23.8 Å². The van der Waals surface area contributed by atoms with Gasteiger partial charge in [0.15, 0.2) is 0 Å². The highest BCUT2D eigenvalue weighted by atomic mass is 19.4. The van der Waals surface area contributed by atoms with Crippen molar-refractivity contribution in [1.29, 1.82) is 0 Å². The van der Waals surface area contributed by atoms with Gasteiger partial charge in [0.2, 0.25) is 5.91 Å². The van der Waals surface area contributed by atoms with E-state index in [2.05, 4.69) is 17.4 Å². The Kier molecular flexibility index (Phi) is 6.16. The quantitative estimate of drug-likeness (QED) is 0.827. The molecule has 0 unspecified atom stereocenters. The number of likely N-dealkylation sites (tertiary alicyclic amines) is 1. The number of carbonyl (C=O) groups excluding carboxylic acids is 1. The third kappa shape index (κ3) is 5.57. The molecule has 1 amide bonds. The van der Waals surface area contributed by atoms with Crippen LogP contribution in [0.2, 0.25) is 0 Å². The molecule has 0 radical (unpaired) electrons. The molecular weight excluding hydrogens is 353 g/mol. The van der Waals surface area contributed by atoms with Crippen molar-refractivity contribution < 1.29 is 18.0 Å². The van der Waals surface area contributed by atoms with Gasteiger partial charge in [-0.2, -0.15) is 13.2 Å². The Morgan fingerprint density at radius 1 is 1.00 bits per heavy atom. The smallest absolute Gasteiger partial charge is 0.324 e. The lowest BCUT2D eigenvalue weighted by molar-refractivity contribution is -0.137. The zero-order chi connectivity index (χ0) is 19.3. The van der Waals surface area contributed by atoms with E-state index in [-0.39, 0.29) is 12.2 Å². The van der Waals surface area contributed by atoms with Gasteiger partial charge in [-0.1, -0.05) is 42.5 Å². The van der Waals surface area contributed by atoms with Crippen LogP contribution in [-0.2, 0) is 17.4 Å². The predicted octanol–water partition coefficient (Wildman–Crippen LogP) is 4.60. The molecule has 0 bridgehead atoms. The van der Waals surface area contributed by atoms with Crippen molar-refractivity contribution in [2.75, 3.05) is 25.0 Å². The molecule has 0 saturated carbocycles. The van der Waals surface area contributed by atoms with Crippen LogP contribution >= 0.6 is 0 Å². The Morgan fingerprint density at radius 3 is 2.30 bits per heavy atom. The summed E-state index contributed by atoms with van der Waals surface area (Å²) < 4.78 is 39.1. The largest absolute Gasteiger partial charge is 0.418 e. The lowest BCUT2D eigenvalue weighted by Gasteiger charge is -2.31. The molecule has 2 aromatic carbocycles. The van der Waals surface area contributed by atoms with Gasteiger partial charge in [0.05, 0.1) is 17.8 Å². The molecule has 1 saturated heterocycles. The first-order chi connectivity index (χ1) is 12.9. The summed E-state index contributed by atoms with van der Waals surface area (Å²) in [6, 6.07) is 15.4. The molecule has 1 heterocycles. The van der Waals surface area contributed by atoms with Crippen LogP contribution < -0.4 is 5.32 Å². The summed E-state index contributed by atoms with van der Waals surface area (Å²) in [7, 11) is 0. The average molecular weight is 376 g/mol. The zero-order valence-electron chi connectivity index (χ0n) is 15.0. The van der Waals surface area contributed by atoms with Gasteiger partial charge in [-0.15, -0.1) is 0 Å². The molecule has 3 rings (SSSR count). The van der Waals surface area contributed by atoms with Crippen molar-refractivity contribution in [2.45, 2.75) is 25.4 Å². The molecule has 1 N–H and O–H groups in total. The molecular formula is C21H23F3N2O. The number of amides is 1. The Balaban J connectivity index is 1.49. The minimum absolute atomic E-state index is 0.115. The van der Waals surface area contributed by atoms with E-state index in [0.717, 1.165) is 38.4 Å². The first kappa shape index (κ1) is 19.4. The van der Waals surface area contributed by atoms with Crippen LogP contribution in [0.3, 0.4) is 0 Å². The number of nitrogens with one attached hydrogen (secondary N) is 1. The van der Waals surface area contributed by atoms with E-state index in [1.807, 2.05) is 23.1 Å². The first-order valence-corrected chi connectivity index (χ1v) is 9.14. The van der Waals surface area contributed by atoms with Crippen molar-refractivity contribution >= 4 is 11.6 Å². The van der Waals surface area contributed by atoms with E-state index < -0.39 is 17.6 Å². The number of para-hydroxylation sites is 1. The molecule has 0 atom stereocenters. The van der Waals surface area contributed by atoms with Gasteiger partial charge in [0, 0.05) is 0 Å².